The molecule has 0 saturated heterocycles. The lowest BCUT2D eigenvalue weighted by Gasteiger charge is -2.37. The van der Waals surface area contributed by atoms with Crippen LogP contribution >= 0.6 is 0 Å². The smallest absolute Gasteiger partial charge is 0.338 e. The summed E-state index contributed by atoms with van der Waals surface area (Å²) in [5.74, 6) is -1.38. The highest BCUT2D eigenvalue weighted by atomic mass is 16.6. The normalized spacial score (nSPS) is 11.8. The van der Waals surface area contributed by atoms with Gasteiger partial charge in [0.25, 0.3) is 0 Å². The minimum Gasteiger partial charge on any atom is -0.456 e. The molecular weight excluding hydrogens is 1440 g/mol. The zero-order chi connectivity index (χ0) is 85.0. The van der Waals surface area contributed by atoms with Crippen molar-refractivity contribution in [2.24, 2.45) is 0 Å². The molecule has 0 N–H and O–H groups in total. The Kier molecular flexibility index (Phi) is 47.6. The van der Waals surface area contributed by atoms with Crippen LogP contribution in [0.15, 0.2) is 206 Å². The maximum atomic E-state index is 12.2. The lowest BCUT2D eigenvalue weighted by Crippen LogP contribution is -2.51. The summed E-state index contributed by atoms with van der Waals surface area (Å²) in [7, 11) is 12.4. The zero-order valence-electron chi connectivity index (χ0n) is 73.7. The Morgan fingerprint density at radius 2 is 0.435 bits per heavy atom. The quantitative estimate of drug-likeness (QED) is 0.0203. The third-order valence-electron chi connectivity index (χ3n) is 21.6. The van der Waals surface area contributed by atoms with Crippen LogP contribution in [0, 0.1) is 0 Å². The van der Waals surface area contributed by atoms with Crippen LogP contribution in [0.5, 0.6) is 0 Å². The summed E-state index contributed by atoms with van der Waals surface area (Å²) in [6.45, 7) is 47.9. The molecule has 1 unspecified atom stereocenters. The van der Waals surface area contributed by atoms with Crippen LogP contribution in [-0.4, -0.2) is 262 Å². The van der Waals surface area contributed by atoms with Crippen LogP contribution < -0.4 is 0 Å². The van der Waals surface area contributed by atoms with E-state index in [1.165, 1.54) is 45.2 Å². The highest BCUT2D eigenvalue weighted by Crippen LogP contribution is 2.20. The summed E-state index contributed by atoms with van der Waals surface area (Å²) in [6, 6.07) is 64.0. The Morgan fingerprint density at radius 3 is 0.670 bits per heavy atom. The zero-order valence-corrected chi connectivity index (χ0v) is 73.7. The summed E-state index contributed by atoms with van der Waals surface area (Å²) in [5.41, 5.74) is 3.74. The second kappa shape index (κ2) is 54.7. The third-order valence-corrected chi connectivity index (χ3v) is 21.6. The first-order valence-corrected chi connectivity index (χ1v) is 42.3. The summed E-state index contributed by atoms with van der Waals surface area (Å²) in [5, 5.41) is 4.39. The van der Waals surface area contributed by atoms with Crippen LogP contribution in [0.1, 0.15) is 177 Å². The van der Waals surface area contributed by atoms with Gasteiger partial charge in [-0.3, -0.25) is 0 Å². The fourth-order valence-corrected chi connectivity index (χ4v) is 13.4. The summed E-state index contributed by atoms with van der Waals surface area (Å²) < 4.78 is 37.8. The molecule has 0 aliphatic heterocycles. The number of esters is 6. The van der Waals surface area contributed by atoms with Crippen LogP contribution in [0.4, 0.5) is 0 Å². The SMILES string of the molecule is CCCC[N+](CC)(CCC)CCOC(=O)c1ccccc1.CCC[N+](CC)(CCC)CCOC(=O)c1ccccc1.CC[N+](CC)(CC)CCOC(=O)c1ccc2ccccc2c1.CC[N+](CC)(CC)CCOC(=O)c1ccccc1.C[N+](C)(C)CCOC(=O)c1ccc2ccccc2c1.C[N+](C)(C)CCOC(=O)c1ccccc1. The average molecular weight is 1590 g/mol. The number of likely N-dealkylation sites (N-methyl/N-ethyl adjacent to an activating group) is 6. The van der Waals surface area contributed by atoms with Gasteiger partial charge in [-0.25, -0.2) is 28.8 Å². The Hall–Kier alpha value is -9.14. The highest BCUT2D eigenvalue weighted by Gasteiger charge is 2.27. The second-order valence-corrected chi connectivity index (χ2v) is 31.5. The minimum atomic E-state index is -0.251. The Labute approximate surface area is 692 Å². The Balaban J connectivity index is 0.000000358. The molecule has 1 atom stereocenters. The van der Waals surface area contributed by atoms with E-state index >= 15 is 0 Å². The lowest BCUT2D eigenvalue weighted by molar-refractivity contribution is -0.926. The molecule has 0 aromatic heterocycles. The molecule has 0 aliphatic rings. The summed E-state index contributed by atoms with van der Waals surface area (Å²) in [6.07, 6.45) is 5.96. The van der Waals surface area contributed by atoms with Gasteiger partial charge in [-0.1, -0.05) is 168 Å². The number of hydrogen-bond donors (Lipinski definition) is 0. The van der Waals surface area contributed by atoms with E-state index in [4.69, 9.17) is 28.4 Å². The first-order chi connectivity index (χ1) is 55.1. The maximum absolute atomic E-state index is 12.2. The molecule has 0 heterocycles. The summed E-state index contributed by atoms with van der Waals surface area (Å²) >= 11 is 0. The summed E-state index contributed by atoms with van der Waals surface area (Å²) in [4.78, 5) is 71.3. The second-order valence-electron chi connectivity index (χ2n) is 31.5. The van der Waals surface area contributed by atoms with Crippen molar-refractivity contribution in [2.75, 3.05) is 200 Å². The number of rotatable bonds is 41. The molecule has 0 radical (unpaired) electrons. The van der Waals surface area contributed by atoms with Gasteiger partial charge in [-0.15, -0.1) is 0 Å². The van der Waals surface area contributed by atoms with Crippen molar-refractivity contribution in [3.63, 3.8) is 0 Å². The van der Waals surface area contributed by atoms with E-state index in [0.29, 0.717) is 73.0 Å². The van der Waals surface area contributed by atoms with Crippen LogP contribution in [0.3, 0.4) is 0 Å². The van der Waals surface area contributed by atoms with Gasteiger partial charge in [0.05, 0.1) is 154 Å². The number of fused-ring (bicyclic) bond motifs is 2. The van der Waals surface area contributed by atoms with E-state index in [0.717, 1.165) is 153 Å². The molecule has 630 valence electrons. The molecule has 0 bridgehead atoms. The van der Waals surface area contributed by atoms with Crippen LogP contribution in [-0.2, 0) is 28.4 Å². The number of carbonyl (C=O) groups is 6. The number of hydrogen-bond acceptors (Lipinski definition) is 12. The van der Waals surface area contributed by atoms with Gasteiger partial charge in [-0.2, -0.15) is 0 Å². The van der Waals surface area contributed by atoms with E-state index in [9.17, 15) is 28.8 Å². The van der Waals surface area contributed by atoms with Gasteiger partial charge in [0.2, 0.25) is 0 Å². The average Bonchev–Trinajstić information content (AvgIpc) is 0.836. The van der Waals surface area contributed by atoms with Gasteiger partial charge in [0.1, 0.15) is 78.9 Å². The number of benzene rings is 8. The van der Waals surface area contributed by atoms with Crippen LogP contribution in [0.25, 0.3) is 21.5 Å². The predicted molar refractivity (Wildman–Crippen MR) is 471 cm³/mol. The van der Waals surface area contributed by atoms with Crippen molar-refractivity contribution in [1.82, 2.24) is 0 Å². The molecule has 8 aromatic rings. The van der Waals surface area contributed by atoms with Crippen molar-refractivity contribution in [3.05, 3.63) is 240 Å². The molecule has 0 fully saturated rings. The molecule has 115 heavy (non-hydrogen) atoms. The van der Waals surface area contributed by atoms with Crippen molar-refractivity contribution in [3.8, 4) is 0 Å². The fraction of sp³-hybridized carbons (Fsp3) is 0.485. The standard InChI is InChI=1S/C19H26NO2.C18H30NO2.C17H28NO2.C16H20NO2.C15H24NO2.C12H18NO2/c1-4-20(5-2,6-3)13-14-22-19(21)18-12-11-16-9-7-8-10-17(16)15-18;1-4-7-14-19(6-3,13-5-2)15-16-21-18(20)17-11-9-8-10-12-17;1-4-12-18(6-3,13-5-2)14-15-20-17(19)16-10-8-7-9-11-16;1-17(2,3)10-11-19-16(18)15-9-8-13-6-4-5-7-14(13)12-15;1-4-16(5-2,6-3)12-13-18-15(17)14-10-8-7-9-11-14;1-13(2,3)9-10-15-12(14)11-7-5-4-6-8-11/h7-12,15H,4-6,13-14H2,1-3H3;8-12H,4-7,13-16H2,1-3H3;7-11H,4-6,12-15H2,1-3H3;4-9,12H,10-11H2,1-3H3;7-11H,4-6,12-13H2,1-3H3;4-8H,9-10H2,1-3H3/q6*+1. The topological polar surface area (TPSA) is 158 Å². The first kappa shape index (κ1) is 100. The molecule has 8 rings (SSSR count). The Morgan fingerprint density at radius 1 is 0.217 bits per heavy atom. The van der Waals surface area contributed by atoms with Crippen molar-refractivity contribution in [2.45, 2.75) is 115 Å². The molecule has 18 heteroatoms. The van der Waals surface area contributed by atoms with E-state index in [2.05, 4.69) is 125 Å². The van der Waals surface area contributed by atoms with Crippen molar-refractivity contribution < 1.29 is 84.1 Å². The third kappa shape index (κ3) is 38.5. The minimum absolute atomic E-state index is 0.211. The van der Waals surface area contributed by atoms with E-state index in [1.807, 2.05) is 158 Å². The molecule has 8 aromatic carbocycles. The molecule has 0 spiro atoms. The molecule has 0 aliphatic carbocycles. The number of ether oxygens (including phenoxy) is 6. The lowest BCUT2D eigenvalue weighted by atomic mass is 10.1. The first-order valence-electron chi connectivity index (χ1n) is 42.3. The van der Waals surface area contributed by atoms with Gasteiger partial charge in [0.15, 0.2) is 0 Å². The van der Waals surface area contributed by atoms with E-state index < -0.39 is 0 Å². The fourth-order valence-electron chi connectivity index (χ4n) is 13.4. The van der Waals surface area contributed by atoms with Gasteiger partial charge >= 0.3 is 35.8 Å². The van der Waals surface area contributed by atoms with Crippen molar-refractivity contribution >= 4 is 57.4 Å². The predicted octanol–water partition coefficient (Wildman–Crippen LogP) is 18.2. The maximum Gasteiger partial charge on any atom is 0.338 e. The van der Waals surface area contributed by atoms with Crippen LogP contribution in [0.2, 0.25) is 0 Å². The molecule has 18 nitrogen and oxygen atoms in total. The Bertz CT molecular complexity index is 3990. The molecular formula is C97H146N6O12+6. The molecule has 0 saturated carbocycles. The molecule has 0 amide bonds. The number of carbonyl (C=O) groups excluding carboxylic acids is 6. The number of nitrogens with zero attached hydrogens (tertiary/aromatic N) is 6. The number of unbranched alkanes of at least 4 members (excludes halogenated alkanes) is 1. The van der Waals surface area contributed by atoms with Crippen molar-refractivity contribution in [1.29, 1.82) is 0 Å². The van der Waals surface area contributed by atoms with E-state index in [1.54, 1.807) is 48.5 Å². The van der Waals surface area contributed by atoms with Gasteiger partial charge in [0, 0.05) is 0 Å². The van der Waals surface area contributed by atoms with Gasteiger partial charge < -0.3 is 55.3 Å². The number of quaternary nitrogens is 6. The van der Waals surface area contributed by atoms with E-state index in [-0.39, 0.29) is 35.8 Å². The monoisotopic (exact) mass is 1590 g/mol. The highest BCUT2D eigenvalue weighted by molar-refractivity contribution is 5.96. The van der Waals surface area contributed by atoms with Gasteiger partial charge in [-0.05, 0) is 175 Å². The largest absolute Gasteiger partial charge is 0.456 e.